The number of hydrogen-bond donors (Lipinski definition) is 2. The highest BCUT2D eigenvalue weighted by Crippen LogP contribution is 2.40. The van der Waals surface area contributed by atoms with Crippen molar-refractivity contribution in [3.63, 3.8) is 0 Å². The minimum atomic E-state index is -5.13. The van der Waals surface area contributed by atoms with Crippen molar-refractivity contribution in [2.24, 2.45) is 0 Å². The first-order valence-corrected chi connectivity index (χ1v) is 10.5. The van der Waals surface area contributed by atoms with Crippen LogP contribution < -0.4 is 10.6 Å². The minimum absolute atomic E-state index is 0.0294. The van der Waals surface area contributed by atoms with Crippen molar-refractivity contribution in [2.75, 3.05) is 6.54 Å². The molecule has 0 saturated heterocycles. The number of benzene rings is 3. The third-order valence-electron chi connectivity index (χ3n) is 5.29. The van der Waals surface area contributed by atoms with E-state index < -0.39 is 54.1 Å². The molecule has 0 aliphatic rings. The standard InChI is InChI=1S/C25H17F8N3O/c26-18-9-14(12-34)8-17(10-18)21(15-4-2-1-3-5-15)22(36-23(37)35-13-24(28,29)30)16-6-7-20(27)19(11-16)25(31,32)33/h1-11,21-22H,13H2,(H2,35,36,37). The number of nitriles is 1. The number of nitrogens with one attached hydrogen (secondary N) is 2. The number of urea groups is 1. The molecule has 194 valence electrons. The molecular weight excluding hydrogens is 510 g/mol. The molecule has 0 fully saturated rings. The van der Waals surface area contributed by atoms with E-state index in [2.05, 4.69) is 5.32 Å². The van der Waals surface area contributed by atoms with Crippen LogP contribution in [-0.2, 0) is 6.18 Å². The SMILES string of the molecule is N#Cc1cc(F)cc(C(c2ccccc2)C(NC(=O)NCC(F)(F)F)c2ccc(F)c(C(F)(F)F)c2)c1. The summed E-state index contributed by atoms with van der Waals surface area (Å²) in [5.74, 6) is -3.68. The Kier molecular flexibility index (Phi) is 8.06. The Hall–Kier alpha value is -4.14. The molecule has 0 radical (unpaired) electrons. The summed E-state index contributed by atoms with van der Waals surface area (Å²) in [7, 11) is 0. The lowest BCUT2D eigenvalue weighted by atomic mass is 9.81. The van der Waals surface area contributed by atoms with Crippen LogP contribution in [0.4, 0.5) is 39.9 Å². The third kappa shape index (κ3) is 7.19. The van der Waals surface area contributed by atoms with E-state index in [-0.39, 0.29) is 16.7 Å². The molecule has 0 saturated carbocycles. The maximum atomic E-state index is 14.4. The highest BCUT2D eigenvalue weighted by molar-refractivity contribution is 5.75. The van der Waals surface area contributed by atoms with Gasteiger partial charge in [0, 0.05) is 5.92 Å². The topological polar surface area (TPSA) is 64.9 Å². The van der Waals surface area contributed by atoms with Gasteiger partial charge in [0.15, 0.2) is 0 Å². The summed E-state index contributed by atoms with van der Waals surface area (Å²) < 4.78 is 107. The predicted molar refractivity (Wildman–Crippen MR) is 116 cm³/mol. The zero-order chi connectivity index (χ0) is 27.4. The molecule has 12 heteroatoms. The first-order valence-electron chi connectivity index (χ1n) is 10.5. The number of carbonyl (C=O) groups excluding carboxylic acids is 1. The number of alkyl halides is 6. The molecule has 3 aromatic rings. The fourth-order valence-electron chi connectivity index (χ4n) is 3.78. The Bertz CT molecular complexity index is 1300. The van der Waals surface area contributed by atoms with E-state index in [1.54, 1.807) is 29.6 Å². The van der Waals surface area contributed by atoms with Crippen molar-refractivity contribution < 1.29 is 39.9 Å². The highest BCUT2D eigenvalue weighted by Gasteiger charge is 2.37. The van der Waals surface area contributed by atoms with Crippen molar-refractivity contribution >= 4 is 6.03 Å². The number of rotatable bonds is 6. The van der Waals surface area contributed by atoms with Gasteiger partial charge in [-0.25, -0.2) is 13.6 Å². The summed E-state index contributed by atoms with van der Waals surface area (Å²) in [6.07, 6.45) is -9.91. The molecule has 37 heavy (non-hydrogen) atoms. The van der Waals surface area contributed by atoms with Gasteiger partial charge < -0.3 is 10.6 Å². The molecule has 0 heterocycles. The molecule has 3 aromatic carbocycles. The molecule has 4 nitrogen and oxygen atoms in total. The molecule has 2 N–H and O–H groups in total. The average molecular weight is 527 g/mol. The van der Waals surface area contributed by atoms with E-state index in [1.165, 1.54) is 18.2 Å². The zero-order valence-electron chi connectivity index (χ0n) is 18.6. The number of carbonyl (C=O) groups is 1. The van der Waals surface area contributed by atoms with Crippen molar-refractivity contribution in [3.05, 3.63) is 106 Å². The smallest absolute Gasteiger partial charge is 0.330 e. The summed E-state index contributed by atoms with van der Waals surface area (Å²) >= 11 is 0. The Balaban J connectivity index is 2.22. The minimum Gasteiger partial charge on any atom is -0.330 e. The highest BCUT2D eigenvalue weighted by atomic mass is 19.4. The molecule has 0 aromatic heterocycles. The van der Waals surface area contributed by atoms with Crippen LogP contribution in [0.1, 0.15) is 39.8 Å². The Morgan fingerprint density at radius 2 is 1.54 bits per heavy atom. The van der Waals surface area contributed by atoms with Gasteiger partial charge in [0.05, 0.1) is 23.2 Å². The van der Waals surface area contributed by atoms with Crippen LogP contribution in [0, 0.1) is 23.0 Å². The van der Waals surface area contributed by atoms with E-state index in [0.717, 1.165) is 18.2 Å². The van der Waals surface area contributed by atoms with Crippen LogP contribution in [-0.4, -0.2) is 18.8 Å². The lowest BCUT2D eigenvalue weighted by Gasteiger charge is -2.30. The lowest BCUT2D eigenvalue weighted by molar-refractivity contribution is -0.140. The van der Waals surface area contributed by atoms with Crippen LogP contribution >= 0.6 is 0 Å². The van der Waals surface area contributed by atoms with E-state index in [0.29, 0.717) is 17.7 Å². The maximum Gasteiger partial charge on any atom is 0.419 e. The normalized spacial score (nSPS) is 13.4. The van der Waals surface area contributed by atoms with Gasteiger partial charge in [0.2, 0.25) is 0 Å². The summed E-state index contributed by atoms with van der Waals surface area (Å²) in [5.41, 5.74) is -1.80. The molecule has 0 spiro atoms. The third-order valence-corrected chi connectivity index (χ3v) is 5.29. The van der Waals surface area contributed by atoms with Gasteiger partial charge in [-0.3, -0.25) is 0 Å². The van der Waals surface area contributed by atoms with Crippen molar-refractivity contribution in [2.45, 2.75) is 24.3 Å². The zero-order valence-corrected chi connectivity index (χ0v) is 18.6. The number of halogens is 8. The molecule has 2 unspecified atom stereocenters. The van der Waals surface area contributed by atoms with Gasteiger partial charge in [-0.15, -0.1) is 0 Å². The Morgan fingerprint density at radius 1 is 0.865 bits per heavy atom. The van der Waals surface area contributed by atoms with Crippen LogP contribution in [0.5, 0.6) is 0 Å². The number of amides is 2. The van der Waals surface area contributed by atoms with E-state index in [4.69, 9.17) is 0 Å². The first-order chi connectivity index (χ1) is 17.3. The van der Waals surface area contributed by atoms with Crippen LogP contribution in [0.3, 0.4) is 0 Å². The lowest BCUT2D eigenvalue weighted by Crippen LogP contribution is -2.43. The number of hydrogen-bond acceptors (Lipinski definition) is 2. The fraction of sp³-hybridized carbons (Fsp3) is 0.200. The van der Waals surface area contributed by atoms with Gasteiger partial charge >= 0.3 is 18.4 Å². The van der Waals surface area contributed by atoms with Gasteiger partial charge in [0.1, 0.15) is 18.2 Å². The molecular formula is C25H17F8N3O. The van der Waals surface area contributed by atoms with Crippen molar-refractivity contribution in [3.8, 4) is 6.07 Å². The maximum absolute atomic E-state index is 14.4. The second-order valence-corrected chi connectivity index (χ2v) is 7.93. The number of nitrogens with zero attached hydrogens (tertiary/aromatic N) is 1. The summed E-state index contributed by atoms with van der Waals surface area (Å²) in [4.78, 5) is 12.4. The van der Waals surface area contributed by atoms with Crippen LogP contribution in [0.15, 0.2) is 66.7 Å². The van der Waals surface area contributed by atoms with Gasteiger partial charge in [-0.05, 0) is 47.0 Å². The molecule has 2 amide bonds. The van der Waals surface area contributed by atoms with Gasteiger partial charge in [-0.1, -0.05) is 36.4 Å². The Morgan fingerprint density at radius 3 is 2.14 bits per heavy atom. The fourth-order valence-corrected chi connectivity index (χ4v) is 3.78. The second-order valence-electron chi connectivity index (χ2n) is 7.93. The van der Waals surface area contributed by atoms with Crippen molar-refractivity contribution in [1.82, 2.24) is 10.6 Å². The summed E-state index contributed by atoms with van der Waals surface area (Å²) in [6, 6.07) is 11.5. The predicted octanol–water partition coefficient (Wildman–Crippen LogP) is 6.59. The Labute approximate surface area is 205 Å². The first kappa shape index (κ1) is 27.4. The average Bonchev–Trinajstić information content (AvgIpc) is 2.82. The second kappa shape index (κ2) is 10.9. The van der Waals surface area contributed by atoms with E-state index in [9.17, 15) is 45.2 Å². The van der Waals surface area contributed by atoms with E-state index in [1.807, 2.05) is 0 Å². The summed E-state index contributed by atoms with van der Waals surface area (Å²) in [6.45, 7) is -1.74. The van der Waals surface area contributed by atoms with Crippen LogP contribution in [0.2, 0.25) is 0 Å². The largest absolute Gasteiger partial charge is 0.419 e. The van der Waals surface area contributed by atoms with Gasteiger partial charge in [-0.2, -0.15) is 31.6 Å². The quantitative estimate of drug-likeness (QED) is 0.356. The molecule has 0 aliphatic heterocycles. The molecule has 0 bridgehead atoms. The monoisotopic (exact) mass is 527 g/mol. The molecule has 3 rings (SSSR count). The molecule has 2 atom stereocenters. The summed E-state index contributed by atoms with van der Waals surface area (Å²) in [5, 5.41) is 13.1. The molecule has 0 aliphatic carbocycles. The van der Waals surface area contributed by atoms with Crippen LogP contribution in [0.25, 0.3) is 0 Å². The van der Waals surface area contributed by atoms with Crippen molar-refractivity contribution in [1.29, 1.82) is 5.26 Å². The van der Waals surface area contributed by atoms with E-state index >= 15 is 0 Å². The van der Waals surface area contributed by atoms with Gasteiger partial charge in [0.25, 0.3) is 0 Å².